The summed E-state index contributed by atoms with van der Waals surface area (Å²) in [5, 5.41) is 12.4. The summed E-state index contributed by atoms with van der Waals surface area (Å²) in [6.07, 6.45) is 7.55. The molecule has 2 saturated carbocycles. The summed E-state index contributed by atoms with van der Waals surface area (Å²) in [5.74, 6) is 0.108. The molecular formula is C15H27N3O3. The van der Waals surface area contributed by atoms with E-state index in [1.165, 1.54) is 0 Å². The lowest BCUT2D eigenvalue weighted by Crippen LogP contribution is -2.52. The van der Waals surface area contributed by atoms with E-state index >= 15 is 0 Å². The predicted octanol–water partition coefficient (Wildman–Crippen LogP) is 1.71. The third kappa shape index (κ3) is 3.48. The minimum Gasteiger partial charge on any atom is -0.409 e. The summed E-state index contributed by atoms with van der Waals surface area (Å²) in [4.78, 5) is 15.1. The molecule has 0 atom stereocenters. The van der Waals surface area contributed by atoms with Crippen molar-refractivity contribution in [3.8, 4) is 0 Å². The number of rotatable bonds is 6. The van der Waals surface area contributed by atoms with Gasteiger partial charge in [-0.3, -0.25) is 4.79 Å². The molecule has 0 aromatic carbocycles. The Balaban J connectivity index is 2.23. The number of oxime groups is 1. The second kappa shape index (κ2) is 7.11. The van der Waals surface area contributed by atoms with Gasteiger partial charge in [0.15, 0.2) is 5.84 Å². The van der Waals surface area contributed by atoms with Gasteiger partial charge in [-0.2, -0.15) is 0 Å². The van der Waals surface area contributed by atoms with Gasteiger partial charge in [0.25, 0.3) is 0 Å². The molecule has 2 rings (SSSR count). The molecule has 2 fully saturated rings. The molecule has 0 aliphatic heterocycles. The van der Waals surface area contributed by atoms with E-state index in [1.807, 2.05) is 4.90 Å². The van der Waals surface area contributed by atoms with Crippen LogP contribution in [0.2, 0.25) is 0 Å². The summed E-state index contributed by atoms with van der Waals surface area (Å²) in [5.41, 5.74) is 5.14. The van der Waals surface area contributed by atoms with Gasteiger partial charge in [0.2, 0.25) is 5.91 Å². The lowest BCUT2D eigenvalue weighted by atomic mass is 9.77. The van der Waals surface area contributed by atoms with Crippen LogP contribution in [-0.4, -0.2) is 48.2 Å². The Kier molecular flexibility index (Phi) is 5.45. The molecule has 0 aromatic heterocycles. The number of hydrogen-bond acceptors (Lipinski definition) is 4. The molecule has 0 bridgehead atoms. The average Bonchev–Trinajstić information content (AvgIpc) is 3.33. The number of nitrogens with two attached hydrogens (primary N) is 1. The largest absolute Gasteiger partial charge is 0.409 e. The maximum atomic E-state index is 13.2. The molecule has 3 N–H and O–H groups in total. The van der Waals surface area contributed by atoms with Crippen LogP contribution in [0.15, 0.2) is 5.16 Å². The molecule has 6 heteroatoms. The number of hydrogen-bond donors (Lipinski definition) is 2. The highest BCUT2D eigenvalue weighted by Crippen LogP contribution is 2.40. The van der Waals surface area contributed by atoms with Crippen molar-refractivity contribution >= 4 is 11.7 Å². The zero-order chi connectivity index (χ0) is 15.3. The third-order valence-electron chi connectivity index (χ3n) is 4.75. The number of methoxy groups -OCH3 is 1. The van der Waals surface area contributed by atoms with Crippen LogP contribution in [0.4, 0.5) is 0 Å². The number of amidine groups is 1. The number of nitrogens with zero attached hydrogens (tertiary/aromatic N) is 2. The highest BCUT2D eigenvalue weighted by molar-refractivity contribution is 6.07. The third-order valence-corrected chi connectivity index (χ3v) is 4.75. The van der Waals surface area contributed by atoms with Crippen LogP contribution in [0.3, 0.4) is 0 Å². The van der Waals surface area contributed by atoms with Gasteiger partial charge in [0.05, 0.1) is 6.61 Å². The van der Waals surface area contributed by atoms with Crippen LogP contribution in [0.25, 0.3) is 0 Å². The number of ether oxygens (including phenoxy) is 1. The molecule has 120 valence electrons. The second-order valence-electron chi connectivity index (χ2n) is 6.20. The normalized spacial score (nSPS) is 22.6. The molecule has 2 aliphatic rings. The molecular weight excluding hydrogens is 270 g/mol. The monoisotopic (exact) mass is 297 g/mol. The van der Waals surface area contributed by atoms with Crippen molar-refractivity contribution in [2.24, 2.45) is 16.3 Å². The van der Waals surface area contributed by atoms with E-state index < -0.39 is 5.41 Å². The molecule has 0 aromatic rings. The summed E-state index contributed by atoms with van der Waals surface area (Å²) >= 11 is 0. The van der Waals surface area contributed by atoms with Gasteiger partial charge in [-0.25, -0.2) is 0 Å². The van der Waals surface area contributed by atoms with Gasteiger partial charge in [-0.15, -0.1) is 0 Å². The zero-order valence-corrected chi connectivity index (χ0v) is 12.9. The first-order chi connectivity index (χ1) is 10.2. The maximum absolute atomic E-state index is 13.2. The summed E-state index contributed by atoms with van der Waals surface area (Å²) < 4.78 is 5.13. The Labute approximate surface area is 126 Å². The lowest BCUT2D eigenvalue weighted by molar-refractivity contribution is -0.140. The summed E-state index contributed by atoms with van der Waals surface area (Å²) in [6, 6.07) is 0.305. The highest BCUT2D eigenvalue weighted by atomic mass is 16.5. The molecule has 0 saturated heterocycles. The first-order valence-electron chi connectivity index (χ1n) is 7.93. The fourth-order valence-electron chi connectivity index (χ4n) is 3.31. The van der Waals surface area contributed by atoms with E-state index in [9.17, 15) is 10.0 Å². The van der Waals surface area contributed by atoms with Crippen molar-refractivity contribution in [2.45, 2.75) is 57.4 Å². The Morgan fingerprint density at radius 2 is 1.95 bits per heavy atom. The highest BCUT2D eigenvalue weighted by Gasteiger charge is 2.48. The fraction of sp³-hybridized carbons (Fsp3) is 0.867. The van der Waals surface area contributed by atoms with Gasteiger partial charge < -0.3 is 20.6 Å². The first-order valence-corrected chi connectivity index (χ1v) is 7.93. The van der Waals surface area contributed by atoms with E-state index in [4.69, 9.17) is 10.5 Å². The van der Waals surface area contributed by atoms with E-state index in [2.05, 4.69) is 5.16 Å². The molecule has 1 amide bonds. The van der Waals surface area contributed by atoms with Crippen molar-refractivity contribution in [1.82, 2.24) is 4.90 Å². The van der Waals surface area contributed by atoms with Gasteiger partial charge in [0, 0.05) is 19.7 Å². The maximum Gasteiger partial charge on any atom is 0.236 e. The Hall–Kier alpha value is -1.30. The SMILES string of the molecule is COCCN(C(=O)C1(C(N)=NO)CCCCCC1)C1CC1. The van der Waals surface area contributed by atoms with E-state index in [0.29, 0.717) is 32.0 Å². The Bertz CT molecular complexity index is 386. The van der Waals surface area contributed by atoms with Crippen LogP contribution in [0, 0.1) is 5.41 Å². The predicted molar refractivity (Wildman–Crippen MR) is 80.2 cm³/mol. The van der Waals surface area contributed by atoms with Crippen LogP contribution in [-0.2, 0) is 9.53 Å². The molecule has 0 unspecified atom stereocenters. The van der Waals surface area contributed by atoms with Crippen molar-refractivity contribution in [3.63, 3.8) is 0 Å². The van der Waals surface area contributed by atoms with E-state index in [0.717, 1.165) is 38.5 Å². The minimum atomic E-state index is -0.818. The van der Waals surface area contributed by atoms with Crippen molar-refractivity contribution in [2.75, 3.05) is 20.3 Å². The lowest BCUT2D eigenvalue weighted by Gasteiger charge is -2.36. The van der Waals surface area contributed by atoms with Gasteiger partial charge in [-0.05, 0) is 25.7 Å². The number of amides is 1. The summed E-state index contributed by atoms with van der Waals surface area (Å²) in [6.45, 7) is 1.11. The molecule has 0 radical (unpaired) electrons. The Morgan fingerprint density at radius 1 is 1.33 bits per heavy atom. The molecule has 21 heavy (non-hydrogen) atoms. The molecule has 0 heterocycles. The van der Waals surface area contributed by atoms with Crippen LogP contribution >= 0.6 is 0 Å². The van der Waals surface area contributed by atoms with Crippen molar-refractivity contribution < 1.29 is 14.7 Å². The van der Waals surface area contributed by atoms with Gasteiger partial charge >= 0.3 is 0 Å². The second-order valence-corrected chi connectivity index (χ2v) is 6.20. The number of carbonyl (C=O) groups excluding carboxylic acids is 1. The van der Waals surface area contributed by atoms with Gasteiger partial charge in [-0.1, -0.05) is 30.8 Å². The average molecular weight is 297 g/mol. The number of carbonyl (C=O) groups is 1. The topological polar surface area (TPSA) is 88.2 Å². The van der Waals surface area contributed by atoms with Gasteiger partial charge in [0.1, 0.15) is 5.41 Å². The zero-order valence-electron chi connectivity index (χ0n) is 12.9. The minimum absolute atomic E-state index is 0.0271. The Morgan fingerprint density at radius 3 is 2.43 bits per heavy atom. The fourth-order valence-corrected chi connectivity index (χ4v) is 3.31. The molecule has 2 aliphatic carbocycles. The van der Waals surface area contributed by atoms with Crippen LogP contribution in [0.1, 0.15) is 51.4 Å². The molecule has 0 spiro atoms. The quantitative estimate of drug-likeness (QED) is 0.257. The smallest absolute Gasteiger partial charge is 0.236 e. The summed E-state index contributed by atoms with van der Waals surface area (Å²) in [7, 11) is 1.64. The first kappa shape index (κ1) is 16.1. The van der Waals surface area contributed by atoms with E-state index in [-0.39, 0.29) is 11.7 Å². The van der Waals surface area contributed by atoms with Crippen molar-refractivity contribution in [1.29, 1.82) is 0 Å². The molecule has 6 nitrogen and oxygen atoms in total. The van der Waals surface area contributed by atoms with Crippen LogP contribution < -0.4 is 5.73 Å². The standard InChI is InChI=1S/C15H27N3O3/c1-21-11-10-18(12-6-7-12)14(19)15(13(16)17-20)8-4-2-3-5-9-15/h12,20H,2-11H2,1H3,(H2,16,17). The van der Waals surface area contributed by atoms with Crippen LogP contribution in [0.5, 0.6) is 0 Å². The van der Waals surface area contributed by atoms with Crippen molar-refractivity contribution in [3.05, 3.63) is 0 Å². The van der Waals surface area contributed by atoms with E-state index in [1.54, 1.807) is 7.11 Å².